The van der Waals surface area contributed by atoms with E-state index >= 15 is 0 Å². The van der Waals surface area contributed by atoms with Crippen LogP contribution in [0.4, 0.5) is 4.39 Å². The van der Waals surface area contributed by atoms with Crippen LogP contribution >= 0.6 is 27.3 Å². The first-order valence-corrected chi connectivity index (χ1v) is 9.15. The number of benzene rings is 1. The fourth-order valence-electron chi connectivity index (χ4n) is 2.70. The van der Waals surface area contributed by atoms with Crippen molar-refractivity contribution >= 4 is 27.3 Å². The Kier molecular flexibility index (Phi) is 4.55. The van der Waals surface area contributed by atoms with Crippen molar-refractivity contribution in [1.82, 2.24) is 9.78 Å². The van der Waals surface area contributed by atoms with E-state index in [-0.39, 0.29) is 25.8 Å². The highest BCUT2D eigenvalue weighted by molar-refractivity contribution is 9.10. The Balaban J connectivity index is 1.72. The third-order valence-electron chi connectivity index (χ3n) is 3.78. The molecule has 1 aliphatic heterocycles. The summed E-state index contributed by atoms with van der Waals surface area (Å²) in [5.41, 5.74) is 1.08. The lowest BCUT2D eigenvalue weighted by Crippen LogP contribution is -2.19. The lowest BCUT2D eigenvalue weighted by molar-refractivity contribution is -0.0173. The quantitative estimate of drug-likeness (QED) is 0.616. The molecular formula is C16H12BrFN2O5S. The van der Waals surface area contributed by atoms with E-state index in [9.17, 15) is 9.18 Å². The molecular weight excluding hydrogens is 431 g/mol. The second-order valence-corrected chi connectivity index (χ2v) is 7.17. The van der Waals surface area contributed by atoms with Gasteiger partial charge in [0.25, 0.3) is 5.89 Å². The number of thiophene rings is 1. The fraction of sp³-hybridized carbons (Fsp3) is 0.250. The van der Waals surface area contributed by atoms with E-state index in [1.165, 1.54) is 30.6 Å². The van der Waals surface area contributed by atoms with Crippen molar-refractivity contribution in [1.29, 1.82) is 0 Å². The predicted molar refractivity (Wildman–Crippen MR) is 94.1 cm³/mol. The molecule has 0 amide bonds. The number of rotatable bonds is 4. The Bertz CT molecular complexity index is 1030. The zero-order chi connectivity index (χ0) is 18.3. The van der Waals surface area contributed by atoms with Gasteiger partial charge in [0.1, 0.15) is 16.4 Å². The number of nitrogens with zero attached hydrogens (tertiary/aromatic N) is 2. The van der Waals surface area contributed by atoms with Crippen LogP contribution in [0.25, 0.3) is 10.8 Å². The van der Waals surface area contributed by atoms with E-state index < -0.39 is 11.6 Å². The predicted octanol–water partition coefficient (Wildman–Crippen LogP) is 3.39. The van der Waals surface area contributed by atoms with Crippen LogP contribution in [0.15, 0.2) is 31.2 Å². The van der Waals surface area contributed by atoms with Gasteiger partial charge in [0.2, 0.25) is 0 Å². The van der Waals surface area contributed by atoms with Crippen LogP contribution in [0, 0.1) is 5.82 Å². The van der Waals surface area contributed by atoms with Gasteiger partial charge in [-0.3, -0.25) is 0 Å². The number of fused-ring (bicyclic) bond motifs is 1. The molecule has 136 valence electrons. The standard InChI is InChI=1S/C16H12BrFN2O5S/c1-22-13-11(17)6-26-14(13)15-19-20(16(21)25-15)4-8-2-10(18)3-9-5-23-7-24-12(8)9/h2-3,6H,4-5,7H2,1H3. The molecule has 1 aliphatic rings. The molecule has 3 heterocycles. The highest BCUT2D eigenvalue weighted by atomic mass is 79.9. The lowest BCUT2D eigenvalue weighted by Gasteiger charge is -2.20. The van der Waals surface area contributed by atoms with Crippen LogP contribution in [0.3, 0.4) is 0 Å². The Morgan fingerprint density at radius 2 is 2.31 bits per heavy atom. The van der Waals surface area contributed by atoms with Gasteiger partial charge in [-0.1, -0.05) is 0 Å². The molecule has 2 aromatic heterocycles. The normalized spacial score (nSPS) is 13.3. The summed E-state index contributed by atoms with van der Waals surface area (Å²) in [6, 6.07) is 2.66. The smallest absolute Gasteiger partial charge is 0.437 e. The van der Waals surface area contributed by atoms with Crippen molar-refractivity contribution in [3.8, 4) is 22.3 Å². The zero-order valence-electron chi connectivity index (χ0n) is 13.5. The van der Waals surface area contributed by atoms with Crippen LogP contribution in [-0.2, 0) is 17.9 Å². The first-order valence-electron chi connectivity index (χ1n) is 7.48. The van der Waals surface area contributed by atoms with Gasteiger partial charge in [0.15, 0.2) is 12.5 Å². The molecule has 0 bridgehead atoms. The lowest BCUT2D eigenvalue weighted by atomic mass is 10.1. The first kappa shape index (κ1) is 17.3. The van der Waals surface area contributed by atoms with Crippen molar-refractivity contribution in [2.24, 2.45) is 0 Å². The summed E-state index contributed by atoms with van der Waals surface area (Å²) in [6.07, 6.45) is 0. The van der Waals surface area contributed by atoms with E-state index in [4.69, 9.17) is 18.6 Å². The summed E-state index contributed by atoms with van der Waals surface area (Å²) < 4.78 is 36.9. The molecule has 3 aromatic rings. The molecule has 0 atom stereocenters. The molecule has 0 unspecified atom stereocenters. The number of halogens is 2. The Morgan fingerprint density at radius 1 is 1.46 bits per heavy atom. The summed E-state index contributed by atoms with van der Waals surface area (Å²) in [6.45, 7) is 0.335. The molecule has 0 aliphatic carbocycles. The molecule has 0 spiro atoms. The SMILES string of the molecule is COc1c(Br)csc1-c1nn(Cc2cc(F)cc3c2OCOC3)c(=O)o1. The summed E-state index contributed by atoms with van der Waals surface area (Å²) in [5.74, 6) is 0.0831. The van der Waals surface area contributed by atoms with Crippen molar-refractivity contribution in [3.05, 3.63) is 49.5 Å². The monoisotopic (exact) mass is 442 g/mol. The van der Waals surface area contributed by atoms with E-state index in [2.05, 4.69) is 21.0 Å². The Morgan fingerprint density at radius 3 is 3.12 bits per heavy atom. The number of aromatic nitrogens is 2. The van der Waals surface area contributed by atoms with Crippen LogP contribution in [0.1, 0.15) is 11.1 Å². The van der Waals surface area contributed by atoms with E-state index in [1.807, 2.05) is 5.38 Å². The maximum absolute atomic E-state index is 13.9. The summed E-state index contributed by atoms with van der Waals surface area (Å²) in [4.78, 5) is 12.8. The van der Waals surface area contributed by atoms with Crippen molar-refractivity contribution < 1.29 is 23.0 Å². The van der Waals surface area contributed by atoms with Crippen LogP contribution in [-0.4, -0.2) is 23.7 Å². The van der Waals surface area contributed by atoms with Gasteiger partial charge >= 0.3 is 5.76 Å². The Hall–Kier alpha value is -2.17. The highest BCUT2D eigenvalue weighted by Crippen LogP contribution is 2.41. The third kappa shape index (κ3) is 3.04. The van der Waals surface area contributed by atoms with Crippen molar-refractivity contribution in [2.75, 3.05) is 13.9 Å². The van der Waals surface area contributed by atoms with Crippen molar-refractivity contribution in [3.63, 3.8) is 0 Å². The fourth-order valence-corrected chi connectivity index (χ4v) is 4.28. The Labute approximate surface area is 159 Å². The summed E-state index contributed by atoms with van der Waals surface area (Å²) in [7, 11) is 1.52. The van der Waals surface area contributed by atoms with Gasteiger partial charge in [-0.2, -0.15) is 4.68 Å². The van der Waals surface area contributed by atoms with Gasteiger partial charge < -0.3 is 18.6 Å². The molecule has 4 rings (SSSR count). The molecule has 0 N–H and O–H groups in total. The van der Waals surface area contributed by atoms with Gasteiger partial charge in [-0.25, -0.2) is 9.18 Å². The number of hydrogen-bond acceptors (Lipinski definition) is 7. The van der Waals surface area contributed by atoms with E-state index in [0.29, 0.717) is 27.5 Å². The summed E-state index contributed by atoms with van der Waals surface area (Å²) in [5, 5.41) is 6.02. The topological polar surface area (TPSA) is 75.7 Å². The minimum Gasteiger partial charge on any atom is -0.494 e. The van der Waals surface area contributed by atoms with Crippen LogP contribution in [0.5, 0.6) is 11.5 Å². The number of methoxy groups -OCH3 is 1. The zero-order valence-corrected chi connectivity index (χ0v) is 15.9. The molecule has 0 radical (unpaired) electrons. The van der Waals surface area contributed by atoms with Gasteiger partial charge in [0, 0.05) is 16.5 Å². The molecule has 10 heteroatoms. The van der Waals surface area contributed by atoms with E-state index in [0.717, 1.165) is 9.15 Å². The molecule has 0 fully saturated rings. The molecule has 0 saturated heterocycles. The number of ether oxygens (including phenoxy) is 3. The van der Waals surface area contributed by atoms with Gasteiger partial charge in [0.05, 0.1) is 24.7 Å². The summed E-state index contributed by atoms with van der Waals surface area (Å²) >= 11 is 4.69. The van der Waals surface area contributed by atoms with Crippen LogP contribution in [0.2, 0.25) is 0 Å². The minimum atomic E-state index is -0.656. The average molecular weight is 443 g/mol. The minimum absolute atomic E-state index is 0.0112. The van der Waals surface area contributed by atoms with Crippen molar-refractivity contribution in [2.45, 2.75) is 13.2 Å². The third-order valence-corrected chi connectivity index (χ3v) is 5.62. The largest absolute Gasteiger partial charge is 0.494 e. The van der Waals surface area contributed by atoms with Crippen LogP contribution < -0.4 is 15.2 Å². The molecule has 1 aromatic carbocycles. The molecule has 0 saturated carbocycles. The highest BCUT2D eigenvalue weighted by Gasteiger charge is 2.22. The van der Waals surface area contributed by atoms with Gasteiger partial charge in [-0.15, -0.1) is 16.4 Å². The average Bonchev–Trinajstić information content (AvgIpc) is 3.17. The maximum atomic E-state index is 13.9. The van der Waals surface area contributed by atoms with Gasteiger partial charge in [-0.05, 0) is 28.1 Å². The first-order chi connectivity index (χ1) is 12.6. The second-order valence-electron chi connectivity index (χ2n) is 5.44. The molecule has 26 heavy (non-hydrogen) atoms. The van der Waals surface area contributed by atoms with E-state index in [1.54, 1.807) is 0 Å². The number of hydrogen-bond donors (Lipinski definition) is 0. The molecule has 7 nitrogen and oxygen atoms in total. The maximum Gasteiger partial charge on any atom is 0.437 e. The second kappa shape index (κ2) is 6.86.